The summed E-state index contributed by atoms with van der Waals surface area (Å²) in [4.78, 5) is 27.6. The highest BCUT2D eigenvalue weighted by molar-refractivity contribution is 6.07. The molecule has 1 aliphatic carbocycles. The topological polar surface area (TPSA) is 76.4 Å². The first-order chi connectivity index (χ1) is 15.6. The van der Waals surface area contributed by atoms with Gasteiger partial charge in [0.05, 0.1) is 23.3 Å². The molecule has 1 atom stereocenters. The fraction of sp³-hybridized carbons (Fsp3) is 0.500. The van der Waals surface area contributed by atoms with Crippen LogP contribution in [0, 0.1) is 6.92 Å². The Labute approximate surface area is 188 Å². The van der Waals surface area contributed by atoms with Gasteiger partial charge in [0.25, 0.3) is 5.91 Å². The van der Waals surface area contributed by atoms with Crippen molar-refractivity contribution >= 4 is 16.9 Å². The van der Waals surface area contributed by atoms with Crippen LogP contribution in [0.2, 0.25) is 0 Å². The molecule has 4 heterocycles. The third-order valence-electron chi connectivity index (χ3n) is 6.56. The van der Waals surface area contributed by atoms with Crippen LogP contribution in [0.5, 0.6) is 0 Å². The Morgan fingerprint density at radius 1 is 1.25 bits per heavy atom. The lowest BCUT2D eigenvalue weighted by atomic mass is 10.1. The molecule has 0 spiro atoms. The smallest absolute Gasteiger partial charge is 0.254 e. The Morgan fingerprint density at radius 3 is 2.78 bits per heavy atom. The molecule has 1 saturated heterocycles. The van der Waals surface area contributed by atoms with Gasteiger partial charge in [0.15, 0.2) is 11.5 Å². The molecule has 1 amide bonds. The number of carbonyl (C=O) groups is 1. The van der Waals surface area contributed by atoms with Crippen LogP contribution in [0.15, 0.2) is 30.5 Å². The average molecular weight is 435 g/mol. The molecule has 1 saturated carbocycles. The van der Waals surface area contributed by atoms with Gasteiger partial charge in [-0.15, -0.1) is 0 Å². The number of carbonyl (C=O) groups excluding carboxylic acids is 1. The second kappa shape index (κ2) is 8.60. The summed E-state index contributed by atoms with van der Waals surface area (Å²) in [5, 5.41) is 5.56. The molecular formula is C24H30N6O2. The maximum absolute atomic E-state index is 13.8. The summed E-state index contributed by atoms with van der Waals surface area (Å²) in [6, 6.07) is 8.04. The summed E-state index contributed by atoms with van der Waals surface area (Å²) < 4.78 is 7.01. The van der Waals surface area contributed by atoms with Crippen LogP contribution in [-0.2, 0) is 4.74 Å². The highest BCUT2D eigenvalue weighted by atomic mass is 16.5. The number of piperazine rings is 1. The molecule has 3 aromatic rings. The number of ether oxygens (including phenoxy) is 1. The molecule has 0 bridgehead atoms. The van der Waals surface area contributed by atoms with E-state index in [1.54, 1.807) is 18.0 Å². The van der Waals surface area contributed by atoms with Gasteiger partial charge < -0.3 is 9.64 Å². The number of rotatable bonds is 6. The molecular weight excluding hydrogens is 404 g/mol. The minimum Gasteiger partial charge on any atom is -0.383 e. The van der Waals surface area contributed by atoms with E-state index >= 15 is 0 Å². The lowest BCUT2D eigenvalue weighted by molar-refractivity contribution is 0.0436. The summed E-state index contributed by atoms with van der Waals surface area (Å²) in [6.07, 6.45) is 4.00. The maximum atomic E-state index is 13.8. The van der Waals surface area contributed by atoms with Gasteiger partial charge in [0, 0.05) is 57.1 Å². The zero-order chi connectivity index (χ0) is 22.2. The number of methoxy groups -OCH3 is 1. The highest BCUT2D eigenvalue weighted by Crippen LogP contribution is 2.41. The van der Waals surface area contributed by atoms with Crippen LogP contribution in [0.4, 0.5) is 0 Å². The lowest BCUT2D eigenvalue weighted by Crippen LogP contribution is -2.54. The fourth-order valence-electron chi connectivity index (χ4n) is 4.59. The summed E-state index contributed by atoms with van der Waals surface area (Å²) in [7, 11) is 1.73. The Hall–Kier alpha value is -2.84. The number of hydrogen-bond donors (Lipinski definition) is 0. The van der Waals surface area contributed by atoms with Gasteiger partial charge in [0.2, 0.25) is 0 Å². The van der Waals surface area contributed by atoms with Crippen LogP contribution in [-0.4, -0.2) is 81.4 Å². The molecule has 0 aromatic carbocycles. The van der Waals surface area contributed by atoms with E-state index in [0.717, 1.165) is 48.4 Å². The normalized spacial score (nSPS) is 19.6. The van der Waals surface area contributed by atoms with E-state index in [-0.39, 0.29) is 5.91 Å². The number of nitrogens with zero attached hydrogens (tertiary/aromatic N) is 6. The molecule has 5 rings (SSSR count). The van der Waals surface area contributed by atoms with E-state index in [0.29, 0.717) is 43.0 Å². The average Bonchev–Trinajstić information content (AvgIpc) is 3.61. The predicted molar refractivity (Wildman–Crippen MR) is 122 cm³/mol. The Kier molecular flexibility index (Phi) is 5.65. The van der Waals surface area contributed by atoms with E-state index in [1.165, 1.54) is 0 Å². The number of amides is 1. The van der Waals surface area contributed by atoms with Gasteiger partial charge in [-0.3, -0.25) is 9.69 Å². The van der Waals surface area contributed by atoms with Crippen LogP contribution in [0.3, 0.4) is 0 Å². The molecule has 168 valence electrons. The summed E-state index contributed by atoms with van der Waals surface area (Å²) in [5.74, 6) is 1.22. The molecule has 2 fully saturated rings. The van der Waals surface area contributed by atoms with Crippen molar-refractivity contribution in [2.24, 2.45) is 0 Å². The highest BCUT2D eigenvalue weighted by Gasteiger charge is 2.32. The Morgan fingerprint density at radius 2 is 2.09 bits per heavy atom. The zero-order valence-corrected chi connectivity index (χ0v) is 19.0. The monoisotopic (exact) mass is 434 g/mol. The second-order valence-electron chi connectivity index (χ2n) is 8.88. The van der Waals surface area contributed by atoms with Gasteiger partial charge in [-0.2, -0.15) is 9.78 Å². The van der Waals surface area contributed by atoms with Crippen molar-refractivity contribution in [3.8, 4) is 5.82 Å². The number of hydrogen-bond acceptors (Lipinski definition) is 6. The van der Waals surface area contributed by atoms with Crippen LogP contribution in [0.25, 0.3) is 16.9 Å². The molecule has 1 aliphatic heterocycles. The van der Waals surface area contributed by atoms with Crippen molar-refractivity contribution < 1.29 is 9.53 Å². The van der Waals surface area contributed by atoms with E-state index in [1.807, 2.05) is 36.1 Å². The van der Waals surface area contributed by atoms with Gasteiger partial charge in [0.1, 0.15) is 0 Å². The number of aromatic nitrogens is 4. The van der Waals surface area contributed by atoms with Gasteiger partial charge in [-0.1, -0.05) is 6.07 Å². The molecule has 3 aromatic heterocycles. The van der Waals surface area contributed by atoms with Crippen molar-refractivity contribution in [2.75, 3.05) is 39.9 Å². The summed E-state index contributed by atoms with van der Waals surface area (Å²) in [5.41, 5.74) is 3.23. The first-order valence-corrected chi connectivity index (χ1v) is 11.4. The van der Waals surface area contributed by atoms with Crippen LogP contribution in [0.1, 0.15) is 47.4 Å². The van der Waals surface area contributed by atoms with E-state index in [4.69, 9.17) is 14.8 Å². The zero-order valence-electron chi connectivity index (χ0n) is 19.0. The van der Waals surface area contributed by atoms with Crippen molar-refractivity contribution in [1.29, 1.82) is 0 Å². The fourth-order valence-corrected chi connectivity index (χ4v) is 4.59. The SMILES string of the molecule is COCCN1CCN(C(=O)c2cc(C3CC3)nc3c2c(C)nn3-c2ccccn2)CC1C. The Bertz CT molecular complexity index is 1120. The molecule has 1 unspecified atom stereocenters. The van der Waals surface area contributed by atoms with Crippen molar-refractivity contribution in [2.45, 2.75) is 38.6 Å². The Balaban J connectivity index is 1.52. The minimum atomic E-state index is 0.0706. The first-order valence-electron chi connectivity index (χ1n) is 11.4. The van der Waals surface area contributed by atoms with Crippen molar-refractivity contribution in [1.82, 2.24) is 29.5 Å². The maximum Gasteiger partial charge on any atom is 0.254 e. The first kappa shape index (κ1) is 21.0. The number of fused-ring (bicyclic) bond motifs is 1. The largest absolute Gasteiger partial charge is 0.383 e. The quantitative estimate of drug-likeness (QED) is 0.594. The van der Waals surface area contributed by atoms with Crippen molar-refractivity contribution in [3.63, 3.8) is 0 Å². The molecule has 8 nitrogen and oxygen atoms in total. The summed E-state index contributed by atoms with van der Waals surface area (Å²) in [6.45, 7) is 7.99. The number of pyridine rings is 2. The predicted octanol–water partition coefficient (Wildman–Crippen LogP) is 2.79. The van der Waals surface area contributed by atoms with E-state index in [9.17, 15) is 4.79 Å². The standard InChI is InChI=1S/C24H30N6O2/c1-16-15-29(11-10-28(16)12-13-32-3)24(31)19-14-20(18-7-8-18)26-23-22(19)17(2)27-30(23)21-6-4-5-9-25-21/h4-6,9,14,16,18H,7-8,10-13,15H2,1-3H3. The summed E-state index contributed by atoms with van der Waals surface area (Å²) >= 11 is 0. The third kappa shape index (κ3) is 3.89. The van der Waals surface area contributed by atoms with Gasteiger partial charge >= 0.3 is 0 Å². The minimum absolute atomic E-state index is 0.0706. The van der Waals surface area contributed by atoms with Crippen LogP contribution >= 0.6 is 0 Å². The van der Waals surface area contributed by atoms with E-state index in [2.05, 4.69) is 16.8 Å². The lowest BCUT2D eigenvalue weighted by Gasteiger charge is -2.39. The molecule has 0 N–H and O–H groups in total. The molecule has 32 heavy (non-hydrogen) atoms. The molecule has 8 heteroatoms. The second-order valence-corrected chi connectivity index (χ2v) is 8.88. The number of aryl methyl sites for hydroxylation is 1. The van der Waals surface area contributed by atoms with Crippen LogP contribution < -0.4 is 0 Å². The molecule has 2 aliphatic rings. The van der Waals surface area contributed by atoms with E-state index < -0.39 is 0 Å². The van der Waals surface area contributed by atoms with Crippen molar-refractivity contribution in [3.05, 3.63) is 47.4 Å². The van der Waals surface area contributed by atoms with Gasteiger partial charge in [-0.05, 0) is 44.9 Å². The molecule has 0 radical (unpaired) electrons. The third-order valence-corrected chi connectivity index (χ3v) is 6.56. The van der Waals surface area contributed by atoms with Gasteiger partial charge in [-0.25, -0.2) is 9.97 Å².